The number of benzene rings is 1. The molecule has 0 bridgehead atoms. The molecule has 1 unspecified atom stereocenters. The molecule has 114 valence electrons. The maximum absolute atomic E-state index is 12.0. The van der Waals surface area contributed by atoms with Gasteiger partial charge in [0.05, 0.1) is 11.0 Å². The zero-order valence-corrected chi connectivity index (χ0v) is 12.8. The number of carbonyl (C=O) groups is 1. The molecular weight excluding hydrogens is 264 g/mol. The van der Waals surface area contributed by atoms with Crippen LogP contribution in [0.4, 0.5) is 4.79 Å². The highest BCUT2D eigenvalue weighted by Crippen LogP contribution is 2.10. The number of rotatable bonds is 7. The van der Waals surface area contributed by atoms with Crippen molar-refractivity contribution in [1.29, 1.82) is 0 Å². The van der Waals surface area contributed by atoms with E-state index in [2.05, 4.69) is 22.7 Å². The molecule has 5 heteroatoms. The lowest BCUT2D eigenvalue weighted by Gasteiger charge is -2.15. The zero-order chi connectivity index (χ0) is 15.1. The zero-order valence-electron chi connectivity index (χ0n) is 12.8. The molecule has 21 heavy (non-hydrogen) atoms. The molecule has 0 radical (unpaired) electrons. The summed E-state index contributed by atoms with van der Waals surface area (Å²) in [4.78, 5) is 16.2. The number of carbonyl (C=O) groups excluding carboxylic acids is 1. The van der Waals surface area contributed by atoms with E-state index in [4.69, 9.17) is 0 Å². The third kappa shape index (κ3) is 4.48. The second-order valence-corrected chi connectivity index (χ2v) is 5.44. The average Bonchev–Trinajstić information content (AvgIpc) is 2.87. The van der Waals surface area contributed by atoms with Gasteiger partial charge in [-0.15, -0.1) is 0 Å². The van der Waals surface area contributed by atoms with Crippen molar-refractivity contribution in [2.24, 2.45) is 0 Å². The summed E-state index contributed by atoms with van der Waals surface area (Å²) in [6.45, 7) is 4.24. The lowest BCUT2D eigenvalue weighted by atomic mass is 10.1. The average molecular weight is 288 g/mol. The van der Waals surface area contributed by atoms with Crippen molar-refractivity contribution in [3.05, 3.63) is 30.6 Å². The largest absolute Gasteiger partial charge is 0.334 e. The lowest BCUT2D eigenvalue weighted by Crippen LogP contribution is -2.39. The molecule has 2 aromatic rings. The monoisotopic (exact) mass is 288 g/mol. The Bertz CT molecular complexity index is 578. The van der Waals surface area contributed by atoms with E-state index < -0.39 is 0 Å². The van der Waals surface area contributed by atoms with Crippen LogP contribution < -0.4 is 10.7 Å². The normalized spacial score (nSPS) is 12.3. The van der Waals surface area contributed by atoms with Gasteiger partial charge in [-0.1, -0.05) is 44.7 Å². The van der Waals surface area contributed by atoms with E-state index in [9.17, 15) is 4.79 Å². The molecule has 1 heterocycles. The molecule has 5 nitrogen and oxygen atoms in total. The predicted molar refractivity (Wildman–Crippen MR) is 85.8 cm³/mol. The molecule has 0 aliphatic heterocycles. The van der Waals surface area contributed by atoms with Crippen LogP contribution in [0.25, 0.3) is 11.0 Å². The summed E-state index contributed by atoms with van der Waals surface area (Å²) in [6.07, 6.45) is 7.52. The van der Waals surface area contributed by atoms with Gasteiger partial charge in [0, 0.05) is 6.04 Å². The minimum atomic E-state index is -0.193. The van der Waals surface area contributed by atoms with Gasteiger partial charge in [0.2, 0.25) is 0 Å². The van der Waals surface area contributed by atoms with Crippen LogP contribution in [-0.2, 0) is 0 Å². The van der Waals surface area contributed by atoms with Gasteiger partial charge < -0.3 is 5.32 Å². The van der Waals surface area contributed by atoms with Crippen molar-refractivity contribution in [2.45, 2.75) is 52.0 Å². The second-order valence-electron chi connectivity index (χ2n) is 5.44. The molecular formula is C16H24N4O. The molecule has 1 aromatic carbocycles. The highest BCUT2D eigenvalue weighted by molar-refractivity contribution is 5.85. The Morgan fingerprint density at radius 1 is 1.29 bits per heavy atom. The fourth-order valence-electron chi connectivity index (χ4n) is 2.36. The number of urea groups is 1. The van der Waals surface area contributed by atoms with Gasteiger partial charge in [-0.3, -0.25) is 0 Å². The Morgan fingerprint density at radius 2 is 2.10 bits per heavy atom. The van der Waals surface area contributed by atoms with E-state index in [1.807, 2.05) is 31.2 Å². The van der Waals surface area contributed by atoms with Crippen molar-refractivity contribution < 1.29 is 4.79 Å². The predicted octanol–water partition coefficient (Wildman–Crippen LogP) is 3.65. The van der Waals surface area contributed by atoms with E-state index in [-0.39, 0.29) is 12.1 Å². The third-order valence-corrected chi connectivity index (χ3v) is 3.54. The first-order valence-electron chi connectivity index (χ1n) is 7.70. The number of amides is 2. The Balaban J connectivity index is 1.81. The number of fused-ring (bicyclic) bond motifs is 1. The molecule has 2 rings (SSSR count). The number of nitrogens with zero attached hydrogens (tertiary/aromatic N) is 2. The van der Waals surface area contributed by atoms with Crippen molar-refractivity contribution >= 4 is 17.1 Å². The Hall–Kier alpha value is -2.04. The number of hydrogen-bond donors (Lipinski definition) is 2. The molecule has 1 atom stereocenters. The minimum absolute atomic E-state index is 0.177. The van der Waals surface area contributed by atoms with Crippen LogP contribution in [0.2, 0.25) is 0 Å². The molecule has 0 saturated carbocycles. The van der Waals surface area contributed by atoms with Crippen LogP contribution in [-0.4, -0.2) is 21.7 Å². The highest BCUT2D eigenvalue weighted by Gasteiger charge is 2.08. The van der Waals surface area contributed by atoms with E-state index >= 15 is 0 Å². The van der Waals surface area contributed by atoms with Crippen LogP contribution in [0.1, 0.15) is 46.0 Å². The summed E-state index contributed by atoms with van der Waals surface area (Å²) >= 11 is 0. The third-order valence-electron chi connectivity index (χ3n) is 3.54. The highest BCUT2D eigenvalue weighted by atomic mass is 16.2. The van der Waals surface area contributed by atoms with Gasteiger partial charge >= 0.3 is 6.03 Å². The van der Waals surface area contributed by atoms with Gasteiger partial charge in [-0.2, -0.15) is 0 Å². The second kappa shape index (κ2) is 7.67. The summed E-state index contributed by atoms with van der Waals surface area (Å²) in [5.74, 6) is 0. The van der Waals surface area contributed by atoms with Crippen LogP contribution >= 0.6 is 0 Å². The SMILES string of the molecule is CCCCCCC(C)NC(=O)Nn1cnc2ccccc21. The minimum Gasteiger partial charge on any atom is -0.334 e. The summed E-state index contributed by atoms with van der Waals surface area (Å²) in [7, 11) is 0. The first kappa shape index (κ1) is 15.4. The number of unbranched alkanes of at least 4 members (excludes halogenated alkanes) is 3. The topological polar surface area (TPSA) is 59.0 Å². The maximum atomic E-state index is 12.0. The fraction of sp³-hybridized carbons (Fsp3) is 0.500. The summed E-state index contributed by atoms with van der Waals surface area (Å²) in [6, 6.07) is 7.69. The standard InChI is InChI=1S/C16H24N4O/c1-3-4-5-6-9-13(2)18-16(21)19-20-12-17-14-10-7-8-11-15(14)20/h7-8,10-13H,3-6,9H2,1-2H3,(H2,18,19,21). The van der Waals surface area contributed by atoms with Crippen molar-refractivity contribution in [1.82, 2.24) is 15.0 Å². The maximum Gasteiger partial charge on any atom is 0.334 e. The molecule has 2 amide bonds. The molecule has 2 N–H and O–H groups in total. The smallest absolute Gasteiger partial charge is 0.334 e. The number of para-hydroxylation sites is 2. The lowest BCUT2D eigenvalue weighted by molar-refractivity contribution is 0.246. The molecule has 0 spiro atoms. The van der Waals surface area contributed by atoms with Crippen LogP contribution in [0.15, 0.2) is 30.6 Å². The van der Waals surface area contributed by atoms with Crippen molar-refractivity contribution in [2.75, 3.05) is 5.43 Å². The van der Waals surface area contributed by atoms with E-state index in [0.29, 0.717) is 0 Å². The van der Waals surface area contributed by atoms with Crippen molar-refractivity contribution in [3.63, 3.8) is 0 Å². The summed E-state index contributed by atoms with van der Waals surface area (Å²) in [5.41, 5.74) is 4.56. The van der Waals surface area contributed by atoms with E-state index in [0.717, 1.165) is 23.9 Å². The Kier molecular flexibility index (Phi) is 5.60. The van der Waals surface area contributed by atoms with Gasteiger partial charge in [-0.05, 0) is 25.5 Å². The van der Waals surface area contributed by atoms with Gasteiger partial charge in [0.15, 0.2) is 0 Å². The molecule has 0 aliphatic carbocycles. The number of nitrogens with one attached hydrogen (secondary N) is 2. The molecule has 0 aliphatic rings. The summed E-state index contributed by atoms with van der Waals surface area (Å²) < 4.78 is 1.65. The first-order chi connectivity index (χ1) is 10.2. The van der Waals surface area contributed by atoms with Gasteiger partial charge in [-0.25, -0.2) is 19.9 Å². The Labute approximate surface area is 125 Å². The Morgan fingerprint density at radius 3 is 2.90 bits per heavy atom. The van der Waals surface area contributed by atoms with Crippen LogP contribution in [0.5, 0.6) is 0 Å². The van der Waals surface area contributed by atoms with E-state index in [1.165, 1.54) is 19.3 Å². The van der Waals surface area contributed by atoms with Crippen LogP contribution in [0.3, 0.4) is 0 Å². The molecule has 0 saturated heterocycles. The van der Waals surface area contributed by atoms with Gasteiger partial charge in [0.1, 0.15) is 6.33 Å². The molecule has 1 aromatic heterocycles. The summed E-state index contributed by atoms with van der Waals surface area (Å²) in [5, 5.41) is 2.96. The van der Waals surface area contributed by atoms with Crippen LogP contribution in [0, 0.1) is 0 Å². The number of hydrogen-bond acceptors (Lipinski definition) is 2. The fourth-order valence-corrected chi connectivity index (χ4v) is 2.36. The van der Waals surface area contributed by atoms with Gasteiger partial charge in [0.25, 0.3) is 0 Å². The molecule has 0 fully saturated rings. The first-order valence-corrected chi connectivity index (χ1v) is 7.70. The van der Waals surface area contributed by atoms with Crippen molar-refractivity contribution in [3.8, 4) is 0 Å². The quantitative estimate of drug-likeness (QED) is 0.764. The van der Waals surface area contributed by atoms with E-state index in [1.54, 1.807) is 11.0 Å². The number of aromatic nitrogens is 2. The number of imidazole rings is 1.